The molecule has 0 unspecified atom stereocenters. The summed E-state index contributed by atoms with van der Waals surface area (Å²) in [7, 11) is 0. The van der Waals surface area contributed by atoms with Crippen LogP contribution in [0.3, 0.4) is 0 Å². The number of thioether (sulfide) groups is 1. The van der Waals surface area contributed by atoms with Gasteiger partial charge in [0.25, 0.3) is 0 Å². The highest BCUT2D eigenvalue weighted by Crippen LogP contribution is 2.20. The molecule has 1 aromatic carbocycles. The molecule has 1 fully saturated rings. The largest absolute Gasteiger partial charge is 0.381 e. The quantitative estimate of drug-likeness (QED) is 0.873. The van der Waals surface area contributed by atoms with Crippen LogP contribution in [0, 0.1) is 0 Å². The van der Waals surface area contributed by atoms with Crippen LogP contribution < -0.4 is 10.6 Å². The normalized spacial score (nSPS) is 17.2. The Kier molecular flexibility index (Phi) is 5.94. The summed E-state index contributed by atoms with van der Waals surface area (Å²) >= 11 is 1.87. The Morgan fingerprint density at radius 2 is 2.14 bits per heavy atom. The number of nitrogens with one attached hydrogen (secondary N) is 2. The van der Waals surface area contributed by atoms with E-state index in [1.807, 2.05) is 30.0 Å². The van der Waals surface area contributed by atoms with Gasteiger partial charge in [-0.25, -0.2) is 4.79 Å². The van der Waals surface area contributed by atoms with E-state index in [1.54, 1.807) is 0 Å². The SMILES string of the molecule is CCSCc1cccc(NC(=O)NC2(C)CCOCC2)c1. The molecule has 4 nitrogen and oxygen atoms in total. The van der Waals surface area contributed by atoms with E-state index in [1.165, 1.54) is 5.56 Å². The summed E-state index contributed by atoms with van der Waals surface area (Å²) in [6.07, 6.45) is 1.71. The molecule has 2 amide bonds. The maximum absolute atomic E-state index is 12.1. The van der Waals surface area contributed by atoms with Gasteiger partial charge in [-0.15, -0.1) is 0 Å². The smallest absolute Gasteiger partial charge is 0.319 e. The Hall–Kier alpha value is -1.20. The van der Waals surface area contributed by atoms with Gasteiger partial charge in [0, 0.05) is 30.2 Å². The first kappa shape index (κ1) is 16.2. The summed E-state index contributed by atoms with van der Waals surface area (Å²) in [5.41, 5.74) is 1.91. The Bertz CT molecular complexity index is 473. The summed E-state index contributed by atoms with van der Waals surface area (Å²) in [4.78, 5) is 12.1. The van der Waals surface area contributed by atoms with Gasteiger partial charge in [-0.05, 0) is 43.2 Å². The number of amides is 2. The van der Waals surface area contributed by atoms with Gasteiger partial charge in [-0.1, -0.05) is 19.1 Å². The van der Waals surface area contributed by atoms with Crippen LogP contribution in [0.2, 0.25) is 0 Å². The molecule has 2 rings (SSSR count). The van der Waals surface area contributed by atoms with Gasteiger partial charge in [0.15, 0.2) is 0 Å². The zero-order valence-corrected chi connectivity index (χ0v) is 13.6. The zero-order valence-electron chi connectivity index (χ0n) is 12.8. The van der Waals surface area contributed by atoms with E-state index in [0.717, 1.165) is 30.0 Å². The van der Waals surface area contributed by atoms with E-state index in [-0.39, 0.29) is 11.6 Å². The third-order valence-corrected chi connectivity index (χ3v) is 4.62. The van der Waals surface area contributed by atoms with Crippen molar-refractivity contribution in [2.45, 2.75) is 38.0 Å². The molecule has 0 atom stereocenters. The Balaban J connectivity index is 1.89. The van der Waals surface area contributed by atoms with Crippen molar-refractivity contribution in [2.24, 2.45) is 0 Å². The van der Waals surface area contributed by atoms with Crippen molar-refractivity contribution in [2.75, 3.05) is 24.3 Å². The molecule has 0 aliphatic carbocycles. The lowest BCUT2D eigenvalue weighted by Crippen LogP contribution is -2.51. The number of rotatable bonds is 5. The minimum Gasteiger partial charge on any atom is -0.381 e. The molecule has 0 spiro atoms. The van der Waals surface area contributed by atoms with Crippen molar-refractivity contribution in [1.82, 2.24) is 5.32 Å². The van der Waals surface area contributed by atoms with E-state index >= 15 is 0 Å². The van der Waals surface area contributed by atoms with Crippen LogP contribution >= 0.6 is 11.8 Å². The Labute approximate surface area is 131 Å². The van der Waals surface area contributed by atoms with Crippen LogP contribution in [-0.2, 0) is 10.5 Å². The molecular weight excluding hydrogens is 284 g/mol. The fourth-order valence-corrected chi connectivity index (χ4v) is 2.96. The topological polar surface area (TPSA) is 50.4 Å². The van der Waals surface area contributed by atoms with E-state index in [4.69, 9.17) is 4.74 Å². The first-order valence-electron chi connectivity index (χ1n) is 7.45. The molecule has 1 heterocycles. The second-order valence-corrected chi connectivity index (χ2v) is 6.86. The highest BCUT2D eigenvalue weighted by Gasteiger charge is 2.28. The van der Waals surface area contributed by atoms with Crippen molar-refractivity contribution in [1.29, 1.82) is 0 Å². The van der Waals surface area contributed by atoms with Gasteiger partial charge in [0.05, 0.1) is 0 Å². The predicted molar refractivity (Wildman–Crippen MR) is 88.9 cm³/mol. The third kappa shape index (κ3) is 5.25. The molecule has 1 aliphatic heterocycles. The highest BCUT2D eigenvalue weighted by molar-refractivity contribution is 7.98. The molecule has 1 aromatic rings. The number of urea groups is 1. The van der Waals surface area contributed by atoms with E-state index in [0.29, 0.717) is 13.2 Å². The molecular formula is C16H24N2O2S. The van der Waals surface area contributed by atoms with Crippen molar-refractivity contribution in [3.8, 4) is 0 Å². The molecule has 2 N–H and O–H groups in total. The van der Waals surface area contributed by atoms with E-state index < -0.39 is 0 Å². The summed E-state index contributed by atoms with van der Waals surface area (Å²) in [5.74, 6) is 2.07. The molecule has 1 saturated heterocycles. The van der Waals surface area contributed by atoms with Crippen molar-refractivity contribution >= 4 is 23.5 Å². The molecule has 21 heavy (non-hydrogen) atoms. The average Bonchev–Trinajstić information content (AvgIpc) is 2.45. The van der Waals surface area contributed by atoms with Gasteiger partial charge in [0.2, 0.25) is 0 Å². The highest BCUT2D eigenvalue weighted by atomic mass is 32.2. The van der Waals surface area contributed by atoms with Crippen LogP contribution in [0.25, 0.3) is 0 Å². The molecule has 0 bridgehead atoms. The summed E-state index contributed by atoms with van der Waals surface area (Å²) in [5, 5.41) is 6.00. The number of ether oxygens (including phenoxy) is 1. The maximum atomic E-state index is 12.1. The molecule has 5 heteroatoms. The van der Waals surface area contributed by atoms with Gasteiger partial charge < -0.3 is 15.4 Å². The zero-order chi connectivity index (χ0) is 15.1. The summed E-state index contributed by atoms with van der Waals surface area (Å²) < 4.78 is 5.34. The van der Waals surface area contributed by atoms with E-state index in [9.17, 15) is 4.79 Å². The minimum absolute atomic E-state index is 0.139. The van der Waals surface area contributed by atoms with Crippen LogP contribution in [0.15, 0.2) is 24.3 Å². The Morgan fingerprint density at radius 3 is 2.86 bits per heavy atom. The molecule has 1 aliphatic rings. The summed E-state index contributed by atoms with van der Waals surface area (Å²) in [6, 6.07) is 7.89. The van der Waals surface area contributed by atoms with Crippen LogP contribution in [0.1, 0.15) is 32.3 Å². The monoisotopic (exact) mass is 308 g/mol. The summed E-state index contributed by atoms with van der Waals surface area (Å²) in [6.45, 7) is 5.64. The number of carbonyl (C=O) groups is 1. The second-order valence-electron chi connectivity index (χ2n) is 5.59. The molecule has 0 saturated carbocycles. The number of carbonyl (C=O) groups excluding carboxylic acids is 1. The Morgan fingerprint density at radius 1 is 1.38 bits per heavy atom. The van der Waals surface area contributed by atoms with Crippen molar-refractivity contribution < 1.29 is 9.53 Å². The number of benzene rings is 1. The van der Waals surface area contributed by atoms with Gasteiger partial charge in [0.1, 0.15) is 0 Å². The second kappa shape index (κ2) is 7.71. The lowest BCUT2D eigenvalue weighted by atomic mass is 9.93. The fraction of sp³-hybridized carbons (Fsp3) is 0.562. The minimum atomic E-state index is -0.169. The van der Waals surface area contributed by atoms with Gasteiger partial charge >= 0.3 is 6.03 Å². The average molecular weight is 308 g/mol. The first-order chi connectivity index (χ1) is 10.1. The predicted octanol–water partition coefficient (Wildman–Crippen LogP) is 3.63. The number of anilines is 1. The molecule has 116 valence electrons. The third-order valence-electron chi connectivity index (χ3n) is 3.67. The van der Waals surface area contributed by atoms with Crippen molar-refractivity contribution in [3.05, 3.63) is 29.8 Å². The van der Waals surface area contributed by atoms with Crippen molar-refractivity contribution in [3.63, 3.8) is 0 Å². The molecule has 0 aromatic heterocycles. The number of hydrogen-bond donors (Lipinski definition) is 2. The van der Waals surface area contributed by atoms with Gasteiger partial charge in [-0.2, -0.15) is 11.8 Å². The van der Waals surface area contributed by atoms with Crippen LogP contribution in [0.5, 0.6) is 0 Å². The first-order valence-corrected chi connectivity index (χ1v) is 8.60. The standard InChI is InChI=1S/C16H24N2O2S/c1-3-21-12-13-5-4-6-14(11-13)17-15(19)18-16(2)7-9-20-10-8-16/h4-6,11H,3,7-10,12H2,1-2H3,(H2,17,18,19). The van der Waals surface area contributed by atoms with E-state index in [2.05, 4.69) is 30.5 Å². The van der Waals surface area contributed by atoms with Gasteiger partial charge in [-0.3, -0.25) is 0 Å². The number of hydrogen-bond acceptors (Lipinski definition) is 3. The molecule has 0 radical (unpaired) electrons. The lowest BCUT2D eigenvalue weighted by molar-refractivity contribution is 0.0500. The lowest BCUT2D eigenvalue weighted by Gasteiger charge is -2.34. The van der Waals surface area contributed by atoms with Crippen LogP contribution in [-0.4, -0.2) is 30.5 Å². The fourth-order valence-electron chi connectivity index (χ4n) is 2.34. The van der Waals surface area contributed by atoms with Crippen LogP contribution in [0.4, 0.5) is 10.5 Å². The maximum Gasteiger partial charge on any atom is 0.319 e.